The third kappa shape index (κ3) is 2.67. The normalized spacial score (nSPS) is 11.0. The van der Waals surface area contributed by atoms with Gasteiger partial charge in [0.15, 0.2) is 0 Å². The highest BCUT2D eigenvalue weighted by Crippen LogP contribution is 2.24. The van der Waals surface area contributed by atoms with Crippen molar-refractivity contribution in [3.8, 4) is 0 Å². The van der Waals surface area contributed by atoms with Crippen molar-refractivity contribution in [3.05, 3.63) is 47.3 Å². The Bertz CT molecular complexity index is 832. The molecule has 2 aromatic heterocycles. The molecular weight excluding hydrogens is 280 g/mol. The van der Waals surface area contributed by atoms with Crippen molar-refractivity contribution >= 4 is 22.7 Å². The number of benzene rings is 1. The zero-order valence-corrected chi connectivity index (χ0v) is 12.6. The van der Waals surface area contributed by atoms with Crippen LogP contribution >= 0.6 is 0 Å². The molecule has 3 aromatic rings. The summed E-state index contributed by atoms with van der Waals surface area (Å²) in [7, 11) is 0. The van der Waals surface area contributed by atoms with E-state index in [1.54, 1.807) is 6.07 Å². The highest BCUT2D eigenvalue weighted by atomic mass is 16.3. The Hall–Kier alpha value is -2.76. The maximum absolute atomic E-state index is 12.0. The fourth-order valence-electron chi connectivity index (χ4n) is 2.46. The Morgan fingerprint density at radius 3 is 2.82 bits per heavy atom. The first-order valence-corrected chi connectivity index (χ1v) is 7.08. The molecule has 0 fully saturated rings. The van der Waals surface area contributed by atoms with Crippen LogP contribution in [-0.2, 0) is 17.9 Å². The van der Waals surface area contributed by atoms with Gasteiger partial charge in [-0.15, -0.1) is 0 Å². The first-order chi connectivity index (χ1) is 10.5. The lowest BCUT2D eigenvalue weighted by Crippen LogP contribution is -2.28. The number of anilines is 1. The first-order valence-electron chi connectivity index (χ1n) is 7.08. The van der Waals surface area contributed by atoms with Gasteiger partial charge >= 0.3 is 0 Å². The second-order valence-electron chi connectivity index (χ2n) is 5.29. The van der Waals surface area contributed by atoms with E-state index in [-0.39, 0.29) is 12.5 Å². The first kappa shape index (κ1) is 14.2. The van der Waals surface area contributed by atoms with Crippen LogP contribution in [0, 0.1) is 13.8 Å². The van der Waals surface area contributed by atoms with Crippen LogP contribution in [0.25, 0.3) is 11.0 Å². The molecule has 114 valence electrons. The van der Waals surface area contributed by atoms with Crippen LogP contribution in [0.2, 0.25) is 0 Å². The van der Waals surface area contributed by atoms with Crippen molar-refractivity contribution in [1.82, 2.24) is 15.1 Å². The highest BCUT2D eigenvalue weighted by Gasteiger charge is 2.12. The summed E-state index contributed by atoms with van der Waals surface area (Å²) >= 11 is 0. The summed E-state index contributed by atoms with van der Waals surface area (Å²) in [6.07, 6.45) is 0. The molecular formula is C16H18N4O2. The number of carbonyl (C=O) groups excluding carboxylic acids is 1. The Morgan fingerprint density at radius 2 is 2.14 bits per heavy atom. The number of hydrogen-bond acceptors (Lipinski definition) is 4. The number of aryl methyl sites for hydroxylation is 2. The fourth-order valence-corrected chi connectivity index (χ4v) is 2.46. The van der Waals surface area contributed by atoms with E-state index in [2.05, 4.69) is 10.4 Å². The van der Waals surface area contributed by atoms with Gasteiger partial charge in [-0.2, -0.15) is 5.10 Å². The molecule has 6 nitrogen and oxygen atoms in total. The maximum atomic E-state index is 12.0. The molecule has 6 heteroatoms. The van der Waals surface area contributed by atoms with Crippen LogP contribution in [0.4, 0.5) is 5.82 Å². The highest BCUT2D eigenvalue weighted by molar-refractivity contribution is 5.82. The third-order valence-corrected chi connectivity index (χ3v) is 3.62. The topological polar surface area (TPSA) is 86.1 Å². The number of fused-ring (bicyclic) bond motifs is 1. The molecule has 0 aliphatic rings. The number of nitrogens with one attached hydrogen (secondary N) is 1. The van der Waals surface area contributed by atoms with E-state index in [4.69, 9.17) is 10.2 Å². The largest absolute Gasteiger partial charge is 0.459 e. The Kier molecular flexibility index (Phi) is 3.58. The summed E-state index contributed by atoms with van der Waals surface area (Å²) in [6, 6.07) is 9.55. The van der Waals surface area contributed by atoms with Gasteiger partial charge in [-0.1, -0.05) is 18.2 Å². The van der Waals surface area contributed by atoms with Gasteiger partial charge in [0.2, 0.25) is 5.91 Å². The van der Waals surface area contributed by atoms with Gasteiger partial charge in [0, 0.05) is 17.0 Å². The average molecular weight is 298 g/mol. The monoisotopic (exact) mass is 298 g/mol. The number of furan rings is 1. The van der Waals surface area contributed by atoms with Crippen molar-refractivity contribution in [1.29, 1.82) is 0 Å². The molecule has 0 radical (unpaired) electrons. The Balaban J connectivity index is 1.67. The third-order valence-electron chi connectivity index (χ3n) is 3.62. The summed E-state index contributed by atoms with van der Waals surface area (Å²) in [5, 5.41) is 8.07. The second kappa shape index (κ2) is 5.55. The van der Waals surface area contributed by atoms with Crippen LogP contribution in [0.5, 0.6) is 0 Å². The molecule has 0 bridgehead atoms. The van der Waals surface area contributed by atoms with E-state index >= 15 is 0 Å². The van der Waals surface area contributed by atoms with Crippen LogP contribution < -0.4 is 11.1 Å². The Labute approximate surface area is 127 Å². The van der Waals surface area contributed by atoms with Gasteiger partial charge in [0.25, 0.3) is 0 Å². The number of aromatic nitrogens is 2. The van der Waals surface area contributed by atoms with Crippen molar-refractivity contribution in [2.45, 2.75) is 26.9 Å². The number of carbonyl (C=O) groups is 1. The van der Waals surface area contributed by atoms with Crippen molar-refractivity contribution < 1.29 is 9.21 Å². The second-order valence-corrected chi connectivity index (χ2v) is 5.29. The number of nitrogen functional groups attached to an aromatic ring is 1. The van der Waals surface area contributed by atoms with Gasteiger partial charge < -0.3 is 15.5 Å². The van der Waals surface area contributed by atoms with Crippen molar-refractivity contribution in [2.24, 2.45) is 0 Å². The quantitative estimate of drug-likeness (QED) is 0.772. The molecule has 0 saturated carbocycles. The molecule has 2 heterocycles. The summed E-state index contributed by atoms with van der Waals surface area (Å²) in [5.74, 6) is 1.08. The van der Waals surface area contributed by atoms with Crippen LogP contribution in [0.1, 0.15) is 17.0 Å². The van der Waals surface area contributed by atoms with Gasteiger partial charge in [0.1, 0.15) is 23.7 Å². The molecule has 22 heavy (non-hydrogen) atoms. The number of rotatable bonds is 4. The molecule has 3 N–H and O–H groups in total. The predicted octanol–water partition coefficient (Wildman–Crippen LogP) is 2.14. The standard InChI is InChI=1S/C16H18N4O2/c1-10-7-15(17)20(19-10)9-16(21)18-8-14-11(2)12-5-3-4-6-13(12)22-14/h3-7H,8-9,17H2,1-2H3,(H,18,21). The zero-order chi connectivity index (χ0) is 15.7. The summed E-state index contributed by atoms with van der Waals surface area (Å²) in [6.45, 7) is 4.27. The van der Waals surface area contributed by atoms with Gasteiger partial charge in [0.05, 0.1) is 12.2 Å². The summed E-state index contributed by atoms with van der Waals surface area (Å²) in [5.41, 5.74) is 8.44. The van der Waals surface area contributed by atoms with E-state index in [0.29, 0.717) is 12.4 Å². The van der Waals surface area contributed by atoms with E-state index in [0.717, 1.165) is 28.0 Å². The summed E-state index contributed by atoms with van der Waals surface area (Å²) in [4.78, 5) is 12.0. The van der Waals surface area contributed by atoms with E-state index in [1.807, 2.05) is 38.1 Å². The number of nitrogens with two attached hydrogens (primary N) is 1. The number of amides is 1. The minimum atomic E-state index is -0.158. The van der Waals surface area contributed by atoms with E-state index in [1.165, 1.54) is 4.68 Å². The number of nitrogens with zero attached hydrogens (tertiary/aromatic N) is 2. The predicted molar refractivity (Wildman–Crippen MR) is 84.2 cm³/mol. The molecule has 0 atom stereocenters. The fraction of sp³-hybridized carbons (Fsp3) is 0.250. The molecule has 0 aliphatic heterocycles. The molecule has 0 saturated heterocycles. The van der Waals surface area contributed by atoms with Crippen LogP contribution in [-0.4, -0.2) is 15.7 Å². The molecule has 0 unspecified atom stereocenters. The average Bonchev–Trinajstić information content (AvgIpc) is 2.97. The number of hydrogen-bond donors (Lipinski definition) is 2. The van der Waals surface area contributed by atoms with Crippen molar-refractivity contribution in [2.75, 3.05) is 5.73 Å². The van der Waals surface area contributed by atoms with Crippen molar-refractivity contribution in [3.63, 3.8) is 0 Å². The van der Waals surface area contributed by atoms with E-state index in [9.17, 15) is 4.79 Å². The van der Waals surface area contributed by atoms with E-state index < -0.39 is 0 Å². The summed E-state index contributed by atoms with van der Waals surface area (Å²) < 4.78 is 7.25. The lowest BCUT2D eigenvalue weighted by molar-refractivity contribution is -0.122. The van der Waals surface area contributed by atoms with Gasteiger partial charge in [-0.3, -0.25) is 4.79 Å². The maximum Gasteiger partial charge on any atom is 0.242 e. The zero-order valence-electron chi connectivity index (χ0n) is 12.6. The minimum Gasteiger partial charge on any atom is -0.459 e. The Morgan fingerprint density at radius 1 is 1.36 bits per heavy atom. The molecule has 0 aliphatic carbocycles. The lowest BCUT2D eigenvalue weighted by Gasteiger charge is -2.05. The van der Waals surface area contributed by atoms with Crippen LogP contribution in [0.3, 0.4) is 0 Å². The smallest absolute Gasteiger partial charge is 0.242 e. The number of para-hydroxylation sites is 1. The van der Waals surface area contributed by atoms with Gasteiger partial charge in [-0.25, -0.2) is 4.68 Å². The molecule has 1 amide bonds. The SMILES string of the molecule is Cc1cc(N)n(CC(=O)NCc2oc3ccccc3c2C)n1. The lowest BCUT2D eigenvalue weighted by atomic mass is 10.1. The molecule has 1 aromatic carbocycles. The van der Waals surface area contributed by atoms with Gasteiger partial charge in [-0.05, 0) is 19.9 Å². The molecule has 3 rings (SSSR count). The van der Waals surface area contributed by atoms with Crippen LogP contribution in [0.15, 0.2) is 34.7 Å². The molecule has 0 spiro atoms. The minimum absolute atomic E-state index is 0.0962.